The third-order valence-electron chi connectivity index (χ3n) is 5.57. The van der Waals surface area contributed by atoms with E-state index in [0.29, 0.717) is 24.4 Å². The van der Waals surface area contributed by atoms with Gasteiger partial charge in [0.2, 0.25) is 11.8 Å². The molecule has 8 heteroatoms. The summed E-state index contributed by atoms with van der Waals surface area (Å²) in [6.07, 6.45) is 1.69. The molecular formula is C23H29N5O3. The Morgan fingerprint density at radius 3 is 2.58 bits per heavy atom. The van der Waals surface area contributed by atoms with Crippen molar-refractivity contribution in [2.75, 3.05) is 6.54 Å². The number of carbonyl (C=O) groups is 2. The molecule has 6 N–H and O–H groups in total. The monoisotopic (exact) mass is 423 g/mol. The standard InChI is InChI=1S/C23H29N5O3/c1-15(22(29)26-14-16-7-9-18(10-8-16)21(24)28-31)27-23(30)20-13-19(11-12-25-20)17-5-3-2-4-6-17/h2-10,15,19-20,25,31H,11-14H2,1H3,(H2,24,28)(H,26,29)(H,27,30)/t15-,19-,20+/m0/s1. The molecule has 0 aliphatic carbocycles. The fourth-order valence-corrected chi connectivity index (χ4v) is 3.72. The van der Waals surface area contributed by atoms with E-state index in [9.17, 15) is 9.59 Å². The number of hydrogen-bond donors (Lipinski definition) is 5. The highest BCUT2D eigenvalue weighted by atomic mass is 16.4. The van der Waals surface area contributed by atoms with Gasteiger partial charge in [0.1, 0.15) is 6.04 Å². The number of hydrogen-bond acceptors (Lipinski definition) is 5. The molecule has 0 aromatic heterocycles. The summed E-state index contributed by atoms with van der Waals surface area (Å²) in [6, 6.07) is 16.2. The van der Waals surface area contributed by atoms with Crippen molar-refractivity contribution in [1.29, 1.82) is 0 Å². The molecule has 1 heterocycles. The first kappa shape index (κ1) is 22.3. The minimum absolute atomic E-state index is 0.0257. The van der Waals surface area contributed by atoms with E-state index in [1.54, 1.807) is 31.2 Å². The Balaban J connectivity index is 1.48. The average molecular weight is 424 g/mol. The molecule has 164 valence electrons. The summed E-state index contributed by atoms with van der Waals surface area (Å²) >= 11 is 0. The highest BCUT2D eigenvalue weighted by Gasteiger charge is 2.29. The third kappa shape index (κ3) is 6.05. The van der Waals surface area contributed by atoms with Gasteiger partial charge < -0.3 is 26.9 Å². The molecule has 3 rings (SSSR count). The van der Waals surface area contributed by atoms with Crippen LogP contribution in [-0.2, 0) is 16.1 Å². The fraction of sp³-hybridized carbons (Fsp3) is 0.348. The Hall–Kier alpha value is -3.39. The van der Waals surface area contributed by atoms with Gasteiger partial charge in [0.15, 0.2) is 5.84 Å². The van der Waals surface area contributed by atoms with Crippen LogP contribution in [0.5, 0.6) is 0 Å². The van der Waals surface area contributed by atoms with E-state index >= 15 is 0 Å². The molecule has 31 heavy (non-hydrogen) atoms. The second-order valence-corrected chi connectivity index (χ2v) is 7.77. The Kier molecular flexibility index (Phi) is 7.61. The van der Waals surface area contributed by atoms with E-state index in [-0.39, 0.29) is 23.7 Å². The van der Waals surface area contributed by atoms with Gasteiger partial charge >= 0.3 is 0 Å². The number of rotatable bonds is 7. The van der Waals surface area contributed by atoms with Crippen molar-refractivity contribution in [3.8, 4) is 0 Å². The number of amides is 2. The third-order valence-corrected chi connectivity index (χ3v) is 5.57. The van der Waals surface area contributed by atoms with Gasteiger partial charge in [-0.3, -0.25) is 9.59 Å². The number of piperidine rings is 1. The highest BCUT2D eigenvalue weighted by Crippen LogP contribution is 2.27. The van der Waals surface area contributed by atoms with Crippen LogP contribution in [0.4, 0.5) is 0 Å². The molecule has 8 nitrogen and oxygen atoms in total. The van der Waals surface area contributed by atoms with E-state index in [0.717, 1.165) is 18.5 Å². The van der Waals surface area contributed by atoms with Crippen molar-refractivity contribution in [1.82, 2.24) is 16.0 Å². The van der Waals surface area contributed by atoms with Gasteiger partial charge in [0, 0.05) is 12.1 Å². The minimum atomic E-state index is -0.650. The maximum absolute atomic E-state index is 12.7. The Morgan fingerprint density at radius 2 is 1.90 bits per heavy atom. The second kappa shape index (κ2) is 10.6. The minimum Gasteiger partial charge on any atom is -0.409 e. The molecule has 0 saturated carbocycles. The Labute approximate surface area is 181 Å². The van der Waals surface area contributed by atoms with Crippen molar-refractivity contribution >= 4 is 17.6 Å². The number of benzene rings is 2. The number of amidine groups is 1. The van der Waals surface area contributed by atoms with Crippen molar-refractivity contribution in [3.05, 3.63) is 71.3 Å². The quantitative estimate of drug-likeness (QED) is 0.199. The van der Waals surface area contributed by atoms with E-state index in [1.165, 1.54) is 5.56 Å². The SMILES string of the molecule is C[C@H](NC(=O)[C@H]1C[C@@H](c2ccccc2)CCN1)C(=O)NCc1ccc(/C(N)=N/O)cc1. The van der Waals surface area contributed by atoms with Gasteiger partial charge in [-0.1, -0.05) is 59.8 Å². The lowest BCUT2D eigenvalue weighted by molar-refractivity contribution is -0.130. The molecule has 2 aromatic carbocycles. The first-order valence-corrected chi connectivity index (χ1v) is 10.4. The molecule has 0 bridgehead atoms. The molecule has 0 radical (unpaired) electrons. The summed E-state index contributed by atoms with van der Waals surface area (Å²) in [5, 5.41) is 20.5. The maximum atomic E-state index is 12.7. The van der Waals surface area contributed by atoms with Crippen LogP contribution in [0.15, 0.2) is 59.8 Å². The van der Waals surface area contributed by atoms with Gasteiger partial charge in [-0.05, 0) is 43.4 Å². The normalized spacial score (nSPS) is 20.0. The number of nitrogens with one attached hydrogen (secondary N) is 3. The summed E-state index contributed by atoms with van der Waals surface area (Å²) < 4.78 is 0. The van der Waals surface area contributed by atoms with Crippen molar-refractivity contribution in [2.45, 2.75) is 44.3 Å². The predicted octanol–water partition coefficient (Wildman–Crippen LogP) is 1.44. The largest absolute Gasteiger partial charge is 0.409 e. The summed E-state index contributed by atoms with van der Waals surface area (Å²) in [5.74, 6) is -0.0661. The molecule has 2 aromatic rings. The molecule has 3 atom stereocenters. The molecule has 1 aliphatic heterocycles. The van der Waals surface area contributed by atoms with Crippen LogP contribution in [0.25, 0.3) is 0 Å². The zero-order valence-corrected chi connectivity index (χ0v) is 17.5. The van der Waals surface area contributed by atoms with E-state index in [4.69, 9.17) is 10.9 Å². The molecule has 0 spiro atoms. The molecule has 1 fully saturated rings. The fourth-order valence-electron chi connectivity index (χ4n) is 3.72. The average Bonchev–Trinajstić information content (AvgIpc) is 2.82. The van der Waals surface area contributed by atoms with Gasteiger partial charge in [-0.25, -0.2) is 0 Å². The Bertz CT molecular complexity index is 915. The number of nitrogens with zero attached hydrogens (tertiary/aromatic N) is 1. The molecule has 1 aliphatic rings. The molecular weight excluding hydrogens is 394 g/mol. The number of nitrogens with two attached hydrogens (primary N) is 1. The summed E-state index contributed by atoms with van der Waals surface area (Å²) in [6.45, 7) is 2.75. The van der Waals surface area contributed by atoms with E-state index < -0.39 is 6.04 Å². The lowest BCUT2D eigenvalue weighted by Gasteiger charge is -2.30. The highest BCUT2D eigenvalue weighted by molar-refractivity contribution is 5.97. The molecule has 0 unspecified atom stereocenters. The number of oxime groups is 1. The van der Waals surface area contributed by atoms with Crippen molar-refractivity contribution < 1.29 is 14.8 Å². The Morgan fingerprint density at radius 1 is 1.19 bits per heavy atom. The van der Waals surface area contributed by atoms with Gasteiger partial charge in [0.05, 0.1) is 6.04 Å². The second-order valence-electron chi connectivity index (χ2n) is 7.77. The van der Waals surface area contributed by atoms with Gasteiger partial charge in [0.25, 0.3) is 0 Å². The zero-order chi connectivity index (χ0) is 22.2. The van der Waals surface area contributed by atoms with Crippen LogP contribution < -0.4 is 21.7 Å². The van der Waals surface area contributed by atoms with Crippen LogP contribution in [0, 0.1) is 0 Å². The predicted molar refractivity (Wildman–Crippen MR) is 119 cm³/mol. The van der Waals surface area contributed by atoms with E-state index in [2.05, 4.69) is 33.2 Å². The molecule has 1 saturated heterocycles. The van der Waals surface area contributed by atoms with Crippen LogP contribution in [-0.4, -0.2) is 41.5 Å². The van der Waals surface area contributed by atoms with Gasteiger partial charge in [-0.2, -0.15) is 0 Å². The summed E-state index contributed by atoms with van der Waals surface area (Å²) in [7, 11) is 0. The van der Waals surface area contributed by atoms with Crippen LogP contribution in [0.1, 0.15) is 42.4 Å². The lowest BCUT2D eigenvalue weighted by Crippen LogP contribution is -2.53. The van der Waals surface area contributed by atoms with Crippen LogP contribution >= 0.6 is 0 Å². The summed E-state index contributed by atoms with van der Waals surface area (Å²) in [5.41, 5.74) is 8.23. The first-order valence-electron chi connectivity index (χ1n) is 10.4. The molecule has 2 amide bonds. The lowest BCUT2D eigenvalue weighted by atomic mass is 9.86. The topological polar surface area (TPSA) is 129 Å². The summed E-state index contributed by atoms with van der Waals surface area (Å²) in [4.78, 5) is 25.1. The van der Waals surface area contributed by atoms with Crippen LogP contribution in [0.2, 0.25) is 0 Å². The van der Waals surface area contributed by atoms with Gasteiger partial charge in [-0.15, -0.1) is 0 Å². The van der Waals surface area contributed by atoms with Crippen LogP contribution in [0.3, 0.4) is 0 Å². The van der Waals surface area contributed by atoms with Crippen molar-refractivity contribution in [2.24, 2.45) is 10.9 Å². The maximum Gasteiger partial charge on any atom is 0.242 e. The number of carbonyl (C=O) groups excluding carboxylic acids is 2. The van der Waals surface area contributed by atoms with Crippen molar-refractivity contribution in [3.63, 3.8) is 0 Å². The zero-order valence-electron chi connectivity index (χ0n) is 17.5. The first-order chi connectivity index (χ1) is 15.0. The van der Waals surface area contributed by atoms with E-state index in [1.807, 2.05) is 18.2 Å². The smallest absolute Gasteiger partial charge is 0.242 e.